The van der Waals surface area contributed by atoms with Gasteiger partial charge in [-0.1, -0.05) is 13.3 Å². The highest BCUT2D eigenvalue weighted by Crippen LogP contribution is 2.21. The maximum atomic E-state index is 12.3. The van der Waals surface area contributed by atoms with Gasteiger partial charge in [0.1, 0.15) is 11.4 Å². The number of carbonyl (C=O) groups is 1. The normalized spacial score (nSPS) is 13.7. The van der Waals surface area contributed by atoms with Crippen LogP contribution in [0.5, 0.6) is 5.75 Å². The van der Waals surface area contributed by atoms with Crippen molar-refractivity contribution >= 4 is 11.6 Å². The summed E-state index contributed by atoms with van der Waals surface area (Å²) in [6.45, 7) is 5.53. The number of amides is 1. The van der Waals surface area contributed by atoms with Gasteiger partial charge in [0.15, 0.2) is 0 Å². The number of hydrogen-bond donors (Lipinski definition) is 1. The lowest BCUT2D eigenvalue weighted by Gasteiger charge is -2.26. The molecule has 0 unspecified atom stereocenters. The zero-order valence-electron chi connectivity index (χ0n) is 15.0. The van der Waals surface area contributed by atoms with Crippen molar-refractivity contribution in [3.63, 3.8) is 0 Å². The maximum Gasteiger partial charge on any atom is 0.256 e. The molecule has 0 saturated carbocycles. The molecule has 0 bridgehead atoms. The van der Waals surface area contributed by atoms with Crippen molar-refractivity contribution in [3.05, 3.63) is 24.3 Å². The summed E-state index contributed by atoms with van der Waals surface area (Å²) in [5, 5.41) is 2.90. The van der Waals surface area contributed by atoms with E-state index in [4.69, 9.17) is 9.47 Å². The third-order valence-electron chi connectivity index (χ3n) is 3.79. The lowest BCUT2D eigenvalue weighted by Crippen LogP contribution is -2.41. The van der Waals surface area contributed by atoms with Crippen molar-refractivity contribution in [2.45, 2.75) is 38.7 Å². The SMILES string of the molecule is CCC[C@@](C)(OC)C(=O)Nc1ccc(OCCCN(C)C)cc1. The van der Waals surface area contributed by atoms with Gasteiger partial charge in [-0.15, -0.1) is 0 Å². The molecule has 130 valence electrons. The Morgan fingerprint density at radius 3 is 2.43 bits per heavy atom. The summed E-state index contributed by atoms with van der Waals surface area (Å²) in [4.78, 5) is 14.5. The third-order valence-corrected chi connectivity index (χ3v) is 3.79. The minimum absolute atomic E-state index is 0.124. The summed E-state index contributed by atoms with van der Waals surface area (Å²) >= 11 is 0. The fraction of sp³-hybridized carbons (Fsp3) is 0.611. The summed E-state index contributed by atoms with van der Waals surface area (Å²) in [5.74, 6) is 0.686. The van der Waals surface area contributed by atoms with Crippen molar-refractivity contribution < 1.29 is 14.3 Å². The van der Waals surface area contributed by atoms with E-state index in [9.17, 15) is 4.79 Å². The molecule has 0 aliphatic rings. The molecule has 0 saturated heterocycles. The molecule has 0 fully saturated rings. The number of methoxy groups -OCH3 is 1. The van der Waals surface area contributed by atoms with Gasteiger partial charge in [0.25, 0.3) is 5.91 Å². The maximum absolute atomic E-state index is 12.3. The number of ether oxygens (including phenoxy) is 2. The van der Waals surface area contributed by atoms with Crippen LogP contribution in [0.2, 0.25) is 0 Å². The van der Waals surface area contributed by atoms with Crippen LogP contribution in [0.15, 0.2) is 24.3 Å². The molecule has 23 heavy (non-hydrogen) atoms. The predicted molar refractivity (Wildman–Crippen MR) is 94.1 cm³/mol. The average molecular weight is 322 g/mol. The topological polar surface area (TPSA) is 50.8 Å². The molecule has 0 aliphatic heterocycles. The van der Waals surface area contributed by atoms with E-state index in [1.807, 2.05) is 52.2 Å². The van der Waals surface area contributed by atoms with Crippen LogP contribution in [0.1, 0.15) is 33.1 Å². The zero-order valence-corrected chi connectivity index (χ0v) is 15.0. The van der Waals surface area contributed by atoms with E-state index in [2.05, 4.69) is 10.2 Å². The van der Waals surface area contributed by atoms with Crippen molar-refractivity contribution in [2.75, 3.05) is 39.7 Å². The van der Waals surface area contributed by atoms with E-state index in [1.165, 1.54) is 0 Å². The second-order valence-electron chi connectivity index (χ2n) is 6.17. The Labute approximate surface area is 140 Å². The molecule has 1 amide bonds. The van der Waals surface area contributed by atoms with Crippen LogP contribution in [0.3, 0.4) is 0 Å². The number of rotatable bonds is 10. The van der Waals surface area contributed by atoms with E-state index >= 15 is 0 Å². The second-order valence-corrected chi connectivity index (χ2v) is 6.17. The van der Waals surface area contributed by atoms with Crippen LogP contribution in [0.25, 0.3) is 0 Å². The van der Waals surface area contributed by atoms with Crippen LogP contribution >= 0.6 is 0 Å². The van der Waals surface area contributed by atoms with Crippen molar-refractivity contribution in [3.8, 4) is 5.75 Å². The Morgan fingerprint density at radius 2 is 1.91 bits per heavy atom. The van der Waals surface area contributed by atoms with Crippen molar-refractivity contribution in [2.24, 2.45) is 0 Å². The summed E-state index contributed by atoms with van der Waals surface area (Å²) < 4.78 is 11.1. The smallest absolute Gasteiger partial charge is 0.256 e. The summed E-state index contributed by atoms with van der Waals surface area (Å²) in [5.41, 5.74) is -0.0501. The van der Waals surface area contributed by atoms with Crippen LogP contribution in [0, 0.1) is 0 Å². The fourth-order valence-electron chi connectivity index (χ4n) is 2.25. The highest BCUT2D eigenvalue weighted by Gasteiger charge is 2.31. The van der Waals surface area contributed by atoms with Gasteiger partial charge in [0.2, 0.25) is 0 Å². The first kappa shape index (κ1) is 19.5. The van der Waals surface area contributed by atoms with Gasteiger partial charge in [0, 0.05) is 19.3 Å². The highest BCUT2D eigenvalue weighted by atomic mass is 16.5. The second kappa shape index (κ2) is 9.53. The minimum Gasteiger partial charge on any atom is -0.494 e. The van der Waals surface area contributed by atoms with E-state index in [0.29, 0.717) is 13.0 Å². The molecular formula is C18H30N2O3. The average Bonchev–Trinajstić information content (AvgIpc) is 2.53. The summed E-state index contributed by atoms with van der Waals surface area (Å²) in [6.07, 6.45) is 2.55. The number of nitrogens with one attached hydrogen (secondary N) is 1. The molecule has 5 heteroatoms. The Morgan fingerprint density at radius 1 is 1.26 bits per heavy atom. The molecule has 0 aliphatic carbocycles. The molecule has 1 aromatic rings. The van der Waals surface area contributed by atoms with Crippen LogP contribution in [0.4, 0.5) is 5.69 Å². The molecule has 1 aromatic carbocycles. The number of hydrogen-bond acceptors (Lipinski definition) is 4. The minimum atomic E-state index is -0.796. The molecule has 0 spiro atoms. The zero-order chi connectivity index (χ0) is 17.3. The Balaban J connectivity index is 2.51. The van der Waals surface area contributed by atoms with Gasteiger partial charge in [-0.25, -0.2) is 0 Å². The van der Waals surface area contributed by atoms with Crippen molar-refractivity contribution in [1.82, 2.24) is 4.90 Å². The Hall–Kier alpha value is -1.59. The molecule has 1 atom stereocenters. The quantitative estimate of drug-likeness (QED) is 0.672. The van der Waals surface area contributed by atoms with E-state index in [0.717, 1.165) is 30.8 Å². The van der Waals surface area contributed by atoms with E-state index in [-0.39, 0.29) is 5.91 Å². The van der Waals surface area contributed by atoms with Crippen LogP contribution in [-0.2, 0) is 9.53 Å². The summed E-state index contributed by atoms with van der Waals surface area (Å²) in [6, 6.07) is 7.44. The first-order valence-corrected chi connectivity index (χ1v) is 8.15. The molecule has 1 rings (SSSR count). The van der Waals surface area contributed by atoms with Crippen molar-refractivity contribution in [1.29, 1.82) is 0 Å². The first-order valence-electron chi connectivity index (χ1n) is 8.15. The fourth-order valence-corrected chi connectivity index (χ4v) is 2.25. The Kier molecular flexibility index (Phi) is 8.06. The highest BCUT2D eigenvalue weighted by molar-refractivity contribution is 5.97. The first-order chi connectivity index (χ1) is 10.9. The largest absolute Gasteiger partial charge is 0.494 e. The molecule has 5 nitrogen and oxygen atoms in total. The van der Waals surface area contributed by atoms with E-state index < -0.39 is 5.60 Å². The van der Waals surface area contributed by atoms with Crippen LogP contribution in [-0.4, -0.2) is 50.8 Å². The molecule has 0 radical (unpaired) electrons. The third kappa shape index (κ3) is 6.59. The summed E-state index contributed by atoms with van der Waals surface area (Å²) in [7, 11) is 5.66. The standard InChI is InChI=1S/C18H30N2O3/c1-6-12-18(2,22-5)17(21)19-15-8-10-16(11-9-15)23-14-7-13-20(3)4/h8-11H,6-7,12-14H2,1-5H3,(H,19,21)/t18-/m1/s1. The lowest BCUT2D eigenvalue weighted by molar-refractivity contribution is -0.136. The van der Waals surface area contributed by atoms with Gasteiger partial charge in [-0.05, 0) is 58.1 Å². The number of nitrogens with zero attached hydrogens (tertiary/aromatic N) is 1. The number of benzene rings is 1. The van der Waals surface area contributed by atoms with Gasteiger partial charge < -0.3 is 19.7 Å². The monoisotopic (exact) mass is 322 g/mol. The van der Waals surface area contributed by atoms with Gasteiger partial charge in [-0.2, -0.15) is 0 Å². The molecule has 1 N–H and O–H groups in total. The van der Waals surface area contributed by atoms with E-state index in [1.54, 1.807) is 7.11 Å². The number of carbonyl (C=O) groups excluding carboxylic acids is 1. The molecular weight excluding hydrogens is 292 g/mol. The molecule has 0 aromatic heterocycles. The van der Waals surface area contributed by atoms with Gasteiger partial charge >= 0.3 is 0 Å². The number of anilines is 1. The lowest BCUT2D eigenvalue weighted by atomic mass is 9.99. The predicted octanol–water partition coefficient (Wildman–Crippen LogP) is 3.16. The Bertz CT molecular complexity index is 474. The molecule has 0 heterocycles. The van der Waals surface area contributed by atoms with Crippen LogP contribution < -0.4 is 10.1 Å². The van der Waals surface area contributed by atoms with Gasteiger partial charge in [0.05, 0.1) is 6.61 Å². The van der Waals surface area contributed by atoms with Gasteiger partial charge in [-0.3, -0.25) is 4.79 Å².